The fourth-order valence-corrected chi connectivity index (χ4v) is 4.63. The van der Waals surface area contributed by atoms with Crippen LogP contribution in [0, 0.1) is 12.7 Å². The number of ketones is 1. The van der Waals surface area contributed by atoms with Crippen LogP contribution < -0.4 is 14.8 Å². The summed E-state index contributed by atoms with van der Waals surface area (Å²) in [5, 5.41) is 14.3. The molecule has 0 radical (unpaired) electrons. The van der Waals surface area contributed by atoms with E-state index in [2.05, 4.69) is 10.3 Å². The largest absolute Gasteiger partial charge is 0.493 e. The Labute approximate surface area is 229 Å². The van der Waals surface area contributed by atoms with Crippen LogP contribution in [0.25, 0.3) is 11.3 Å². The number of nitrogens with zero attached hydrogens (tertiary/aromatic N) is 1. The monoisotopic (exact) mass is 558 g/mol. The molecule has 6 nitrogen and oxygen atoms in total. The molecular formula is C30H30F4N2O4. The van der Waals surface area contributed by atoms with Crippen molar-refractivity contribution in [3.05, 3.63) is 76.7 Å². The van der Waals surface area contributed by atoms with Gasteiger partial charge in [-0.1, -0.05) is 0 Å². The highest BCUT2D eigenvalue weighted by atomic mass is 19.4. The first-order chi connectivity index (χ1) is 19.0. The van der Waals surface area contributed by atoms with E-state index in [-0.39, 0.29) is 23.3 Å². The molecular weight excluding hydrogens is 528 g/mol. The number of aliphatic hydroxyl groups is 1. The summed E-state index contributed by atoms with van der Waals surface area (Å²) in [4.78, 5) is 17.2. The summed E-state index contributed by atoms with van der Waals surface area (Å²) in [5.74, 6) is -0.329. The highest BCUT2D eigenvalue weighted by molar-refractivity contribution is 5.96. The Hall–Kier alpha value is -3.50. The first-order valence-electron chi connectivity index (χ1n) is 13.1. The Balaban J connectivity index is 1.46. The number of aromatic nitrogens is 1. The minimum atomic E-state index is -5.12. The number of methoxy groups -OCH3 is 1. The van der Waals surface area contributed by atoms with Gasteiger partial charge >= 0.3 is 6.18 Å². The van der Waals surface area contributed by atoms with Crippen LogP contribution in [0.4, 0.5) is 17.6 Å². The second kappa shape index (κ2) is 10.8. The third-order valence-electron chi connectivity index (χ3n) is 7.46. The Bertz CT molecular complexity index is 1420. The normalized spacial score (nSPS) is 17.2. The Kier molecular flexibility index (Phi) is 7.58. The second-order valence-corrected chi connectivity index (χ2v) is 10.5. The van der Waals surface area contributed by atoms with E-state index in [1.165, 1.54) is 43.5 Å². The smallest absolute Gasteiger partial charge is 0.422 e. The van der Waals surface area contributed by atoms with E-state index in [9.17, 15) is 27.5 Å². The molecule has 40 heavy (non-hydrogen) atoms. The van der Waals surface area contributed by atoms with Crippen LogP contribution in [-0.2, 0) is 5.60 Å². The van der Waals surface area contributed by atoms with Crippen molar-refractivity contribution in [1.29, 1.82) is 0 Å². The number of rotatable bonds is 10. The zero-order valence-electron chi connectivity index (χ0n) is 22.1. The van der Waals surface area contributed by atoms with E-state index in [1.807, 2.05) is 0 Å². The molecule has 1 unspecified atom stereocenters. The summed E-state index contributed by atoms with van der Waals surface area (Å²) >= 11 is 0. The van der Waals surface area contributed by atoms with Gasteiger partial charge in [0.25, 0.3) is 0 Å². The van der Waals surface area contributed by atoms with Crippen LogP contribution in [0.3, 0.4) is 0 Å². The number of halogens is 4. The van der Waals surface area contributed by atoms with E-state index in [0.717, 1.165) is 12.8 Å². The number of pyridine rings is 1. The van der Waals surface area contributed by atoms with Crippen molar-refractivity contribution in [1.82, 2.24) is 10.3 Å². The molecule has 2 aliphatic rings. The molecule has 0 amide bonds. The number of ether oxygens (including phenoxy) is 2. The molecule has 2 N–H and O–H groups in total. The summed E-state index contributed by atoms with van der Waals surface area (Å²) in [6.07, 6.45) is -4.70. The van der Waals surface area contributed by atoms with Crippen molar-refractivity contribution in [2.45, 2.75) is 56.4 Å². The molecule has 0 bridgehead atoms. The second-order valence-electron chi connectivity index (χ2n) is 10.5. The number of nitrogens with one attached hydrogen (secondary N) is 1. The molecule has 2 fully saturated rings. The van der Waals surface area contributed by atoms with Gasteiger partial charge in [0, 0.05) is 36.6 Å². The lowest BCUT2D eigenvalue weighted by Gasteiger charge is -2.33. The average Bonchev–Trinajstić information content (AvgIpc) is 3.71. The standard InChI is InChI=1S/C30H30F4N2O4/c1-17-11-18(3-7-23(17)31)24-12-20(21-15-35-16-21)14-28(36-24)29(38,30(32,33)34)10-9-25(37)19-4-8-26(27(13-19)39-2)40-22-5-6-22/h3-4,7-8,11-14,21-22,35,38H,5-6,9-10,15-16H2,1-2H3. The molecule has 1 saturated heterocycles. The molecule has 2 aromatic carbocycles. The van der Waals surface area contributed by atoms with Crippen LogP contribution in [0.15, 0.2) is 48.5 Å². The molecule has 1 atom stereocenters. The van der Waals surface area contributed by atoms with E-state index < -0.39 is 41.9 Å². The molecule has 10 heteroatoms. The summed E-state index contributed by atoms with van der Waals surface area (Å²) in [5.41, 5.74) is -2.33. The maximum atomic E-state index is 14.5. The maximum Gasteiger partial charge on any atom is 0.422 e. The van der Waals surface area contributed by atoms with Gasteiger partial charge in [0.1, 0.15) is 5.82 Å². The van der Waals surface area contributed by atoms with Gasteiger partial charge in [-0.3, -0.25) is 4.79 Å². The minimum Gasteiger partial charge on any atom is -0.493 e. The van der Waals surface area contributed by atoms with Crippen molar-refractivity contribution in [3.63, 3.8) is 0 Å². The first kappa shape index (κ1) is 28.0. The zero-order valence-corrected chi connectivity index (χ0v) is 22.1. The molecule has 2 heterocycles. The van der Waals surface area contributed by atoms with E-state index in [4.69, 9.17) is 9.47 Å². The number of benzene rings is 2. The van der Waals surface area contributed by atoms with Gasteiger partial charge in [0.05, 0.1) is 24.6 Å². The van der Waals surface area contributed by atoms with Gasteiger partial charge in [0.15, 0.2) is 17.3 Å². The fourth-order valence-electron chi connectivity index (χ4n) is 4.63. The van der Waals surface area contributed by atoms with Crippen LogP contribution in [-0.4, -0.2) is 48.4 Å². The number of alkyl halides is 3. The van der Waals surface area contributed by atoms with Crippen LogP contribution in [0.5, 0.6) is 11.5 Å². The van der Waals surface area contributed by atoms with Crippen LogP contribution in [0.1, 0.15) is 58.8 Å². The summed E-state index contributed by atoms with van der Waals surface area (Å²) in [6, 6.07) is 11.6. The summed E-state index contributed by atoms with van der Waals surface area (Å²) < 4.78 is 68.5. The number of carbonyl (C=O) groups is 1. The van der Waals surface area contributed by atoms with Crippen molar-refractivity contribution < 1.29 is 36.9 Å². The highest BCUT2D eigenvalue weighted by Crippen LogP contribution is 2.44. The predicted molar refractivity (Wildman–Crippen MR) is 140 cm³/mol. The van der Waals surface area contributed by atoms with E-state index in [0.29, 0.717) is 41.3 Å². The highest BCUT2D eigenvalue weighted by Gasteiger charge is 2.56. The number of hydrogen-bond acceptors (Lipinski definition) is 6. The molecule has 212 valence electrons. The molecule has 3 aromatic rings. The zero-order chi connectivity index (χ0) is 28.7. The Morgan fingerprint density at radius 2 is 1.82 bits per heavy atom. The van der Waals surface area contributed by atoms with Gasteiger partial charge in [0.2, 0.25) is 5.60 Å². The third-order valence-corrected chi connectivity index (χ3v) is 7.46. The van der Waals surface area contributed by atoms with Crippen molar-refractivity contribution in [3.8, 4) is 22.8 Å². The molecule has 1 saturated carbocycles. The topological polar surface area (TPSA) is 80.7 Å². The third kappa shape index (κ3) is 5.69. The maximum absolute atomic E-state index is 14.5. The van der Waals surface area contributed by atoms with Crippen molar-refractivity contribution >= 4 is 5.78 Å². The number of carbonyl (C=O) groups excluding carboxylic acids is 1. The molecule has 1 aliphatic heterocycles. The van der Waals surface area contributed by atoms with Crippen LogP contribution in [0.2, 0.25) is 0 Å². The van der Waals surface area contributed by atoms with Gasteiger partial charge in [-0.25, -0.2) is 9.37 Å². The summed E-state index contributed by atoms with van der Waals surface area (Å²) in [6.45, 7) is 2.68. The molecule has 1 aromatic heterocycles. The van der Waals surface area contributed by atoms with Gasteiger partial charge < -0.3 is 19.9 Å². The SMILES string of the molecule is COc1cc(C(=O)CCC(O)(c2cc(C3CNC3)cc(-c3ccc(F)c(C)c3)n2)C(F)(F)F)ccc1OC1CC1. The van der Waals surface area contributed by atoms with Gasteiger partial charge in [-0.2, -0.15) is 13.2 Å². The predicted octanol–water partition coefficient (Wildman–Crippen LogP) is 5.85. The molecule has 1 aliphatic carbocycles. The lowest BCUT2D eigenvalue weighted by molar-refractivity contribution is -0.270. The van der Waals surface area contributed by atoms with Crippen molar-refractivity contribution in [2.24, 2.45) is 0 Å². The number of aryl methyl sites for hydroxylation is 1. The lowest BCUT2D eigenvalue weighted by atomic mass is 9.86. The molecule has 5 rings (SSSR count). The van der Waals surface area contributed by atoms with Gasteiger partial charge in [-0.05, 0) is 85.8 Å². The number of Topliss-reactive ketones (excluding diaryl/α,β-unsaturated/α-hetero) is 1. The first-order valence-corrected chi connectivity index (χ1v) is 13.1. The van der Waals surface area contributed by atoms with Crippen LogP contribution >= 0.6 is 0 Å². The minimum absolute atomic E-state index is 0.0648. The Morgan fingerprint density at radius 3 is 2.42 bits per heavy atom. The van der Waals surface area contributed by atoms with E-state index >= 15 is 0 Å². The Morgan fingerprint density at radius 1 is 1.07 bits per heavy atom. The van der Waals surface area contributed by atoms with Crippen molar-refractivity contribution in [2.75, 3.05) is 20.2 Å². The average molecular weight is 559 g/mol. The quantitative estimate of drug-likeness (QED) is 0.240. The lowest BCUT2D eigenvalue weighted by Crippen LogP contribution is -2.44. The number of hydrogen-bond donors (Lipinski definition) is 2. The molecule has 0 spiro atoms. The van der Waals surface area contributed by atoms with Gasteiger partial charge in [-0.15, -0.1) is 0 Å². The van der Waals surface area contributed by atoms with E-state index in [1.54, 1.807) is 19.1 Å². The summed E-state index contributed by atoms with van der Waals surface area (Å²) in [7, 11) is 1.42. The fraction of sp³-hybridized carbons (Fsp3) is 0.400.